The van der Waals surface area contributed by atoms with Crippen molar-refractivity contribution in [3.63, 3.8) is 0 Å². The van der Waals surface area contributed by atoms with E-state index in [2.05, 4.69) is 6.92 Å². The average Bonchev–Trinajstić information content (AvgIpc) is 3.32. The normalized spacial score (nSPS) is 42.1. The molecule has 1 heterocycles. The van der Waals surface area contributed by atoms with E-state index in [9.17, 15) is 33.9 Å². The van der Waals surface area contributed by atoms with Gasteiger partial charge in [-0.15, -0.1) is 0 Å². The van der Waals surface area contributed by atoms with Crippen molar-refractivity contribution in [2.24, 2.45) is 34.5 Å². The van der Waals surface area contributed by atoms with Gasteiger partial charge in [-0.1, -0.05) is 13.8 Å². The third kappa shape index (κ3) is 6.91. The van der Waals surface area contributed by atoms with Crippen LogP contribution in [0, 0.1) is 34.5 Å². The van der Waals surface area contributed by atoms with Gasteiger partial charge in [-0.3, -0.25) is 24.0 Å². The van der Waals surface area contributed by atoms with Crippen molar-refractivity contribution in [1.82, 2.24) is 0 Å². The van der Waals surface area contributed by atoms with Crippen molar-refractivity contribution in [2.45, 2.75) is 142 Å². The van der Waals surface area contributed by atoms with Crippen LogP contribution in [0.2, 0.25) is 0 Å². The van der Waals surface area contributed by atoms with Crippen LogP contribution >= 0.6 is 0 Å². The van der Waals surface area contributed by atoms with Gasteiger partial charge in [-0.25, -0.2) is 4.79 Å². The number of ether oxygens (including phenoxy) is 7. The zero-order valence-corrected chi connectivity index (χ0v) is 30.1. The van der Waals surface area contributed by atoms with E-state index in [1.165, 1.54) is 6.92 Å². The minimum atomic E-state index is -1.71. The first-order valence-electron chi connectivity index (χ1n) is 17.7. The number of fused-ring (bicyclic) bond motifs is 5. The molecule has 13 atom stereocenters. The minimum Gasteiger partial charge on any atom is -0.467 e. The zero-order chi connectivity index (χ0) is 36.8. The van der Waals surface area contributed by atoms with Gasteiger partial charge in [-0.05, 0) is 86.9 Å². The lowest BCUT2D eigenvalue weighted by atomic mass is 9.44. The van der Waals surface area contributed by atoms with E-state index in [1.54, 1.807) is 0 Å². The largest absolute Gasteiger partial charge is 0.467 e. The van der Waals surface area contributed by atoms with Gasteiger partial charge >= 0.3 is 29.8 Å². The van der Waals surface area contributed by atoms with Crippen LogP contribution in [0.4, 0.5) is 0 Å². The summed E-state index contributed by atoms with van der Waals surface area (Å²) in [5.74, 6) is -2.96. The Hall–Kier alpha value is -3.10. The van der Waals surface area contributed by atoms with Crippen LogP contribution < -0.4 is 0 Å². The van der Waals surface area contributed by atoms with Gasteiger partial charge < -0.3 is 38.3 Å². The Morgan fingerprint density at radius 1 is 0.720 bits per heavy atom. The molecule has 0 bridgehead atoms. The Balaban J connectivity index is 1.33. The van der Waals surface area contributed by atoms with Gasteiger partial charge in [0.2, 0.25) is 0 Å². The molecule has 5 aliphatic rings. The zero-order valence-electron chi connectivity index (χ0n) is 30.1. The first-order chi connectivity index (χ1) is 23.4. The van der Waals surface area contributed by atoms with Crippen molar-refractivity contribution < 1.29 is 67.0 Å². The fraction of sp³-hybridized carbons (Fsp3) is 0.833. The topological polar surface area (TPSA) is 187 Å². The van der Waals surface area contributed by atoms with E-state index < -0.39 is 78.0 Å². The van der Waals surface area contributed by atoms with Crippen LogP contribution in [-0.4, -0.2) is 96.9 Å². The molecule has 5 fully saturated rings. The maximum Gasteiger partial charge on any atom is 0.339 e. The molecule has 5 rings (SSSR count). The summed E-state index contributed by atoms with van der Waals surface area (Å²) in [5.41, 5.74) is -2.33. The first-order valence-corrected chi connectivity index (χ1v) is 17.7. The number of carbonyl (C=O) groups is 6. The Kier molecular flexibility index (Phi) is 11.1. The molecule has 0 unspecified atom stereocenters. The third-order valence-electron chi connectivity index (χ3n) is 12.8. The number of hydrogen-bond acceptors (Lipinski definition) is 14. The molecule has 0 spiro atoms. The average molecular weight is 709 g/mol. The number of rotatable bonds is 9. The lowest BCUT2D eigenvalue weighted by Crippen LogP contribution is -2.64. The lowest BCUT2D eigenvalue weighted by Gasteiger charge is -2.61. The second kappa shape index (κ2) is 14.5. The third-order valence-corrected chi connectivity index (χ3v) is 12.8. The number of hydrogen-bond donors (Lipinski definition) is 1. The van der Waals surface area contributed by atoms with Gasteiger partial charge in [0.05, 0.1) is 7.11 Å². The number of Topliss-reactive ketones (excluding diaryl/α,β-unsaturated/α-hetero) is 1. The Morgan fingerprint density at radius 2 is 1.32 bits per heavy atom. The summed E-state index contributed by atoms with van der Waals surface area (Å²) in [6.07, 6.45) is -0.883. The number of ketones is 1. The molecule has 1 saturated heterocycles. The second-order valence-corrected chi connectivity index (χ2v) is 15.4. The van der Waals surface area contributed by atoms with Crippen LogP contribution in [0.5, 0.6) is 0 Å². The molecule has 0 radical (unpaired) electrons. The highest BCUT2D eigenvalue weighted by Crippen LogP contribution is 2.68. The van der Waals surface area contributed by atoms with Gasteiger partial charge in [-0.2, -0.15) is 0 Å². The standard InChI is InChI=1S/C36H52O14/c1-18(37)46-23-10-13-34(5)22(16-23)8-9-24-25(34)11-14-35(6)26(24)12-15-36(35,43)27(41)17-45-33-31(49-21(4)40)29(48-20(3)39)28(47-19(2)38)30(50-33)32(42)44-7/h22-26,28-31,33,43H,8-17H2,1-7H3/t22-,23-,24-,25+,26-,28-,29-,30-,31+,33+,34+,35-,36+/m1/s1. The molecule has 1 aliphatic heterocycles. The van der Waals surface area contributed by atoms with Crippen LogP contribution in [0.3, 0.4) is 0 Å². The number of methoxy groups -OCH3 is 1. The molecule has 14 nitrogen and oxygen atoms in total. The molecule has 0 aromatic rings. The van der Waals surface area contributed by atoms with E-state index in [-0.39, 0.29) is 29.8 Å². The van der Waals surface area contributed by atoms with Crippen molar-refractivity contribution in [3.8, 4) is 0 Å². The summed E-state index contributed by atoms with van der Waals surface area (Å²) < 4.78 is 38.2. The highest BCUT2D eigenvalue weighted by molar-refractivity contribution is 5.89. The molecule has 14 heteroatoms. The maximum absolute atomic E-state index is 14.1. The molecule has 4 saturated carbocycles. The summed E-state index contributed by atoms with van der Waals surface area (Å²) in [6, 6.07) is 0. The lowest BCUT2D eigenvalue weighted by molar-refractivity contribution is -0.300. The fourth-order valence-corrected chi connectivity index (χ4v) is 10.5. The fourth-order valence-electron chi connectivity index (χ4n) is 10.5. The molecule has 50 heavy (non-hydrogen) atoms. The van der Waals surface area contributed by atoms with Crippen LogP contribution in [-0.2, 0) is 61.9 Å². The van der Waals surface area contributed by atoms with E-state index in [4.69, 9.17) is 33.2 Å². The summed E-state index contributed by atoms with van der Waals surface area (Å²) in [6.45, 7) is 8.43. The second-order valence-electron chi connectivity index (χ2n) is 15.4. The van der Waals surface area contributed by atoms with Gasteiger partial charge in [0, 0.05) is 33.1 Å². The van der Waals surface area contributed by atoms with Crippen LogP contribution in [0.25, 0.3) is 0 Å². The molecule has 0 aromatic carbocycles. The molecule has 1 N–H and O–H groups in total. The van der Waals surface area contributed by atoms with Gasteiger partial charge in [0.1, 0.15) is 18.3 Å². The van der Waals surface area contributed by atoms with Crippen molar-refractivity contribution in [3.05, 3.63) is 0 Å². The van der Waals surface area contributed by atoms with E-state index >= 15 is 0 Å². The Labute approximate surface area is 292 Å². The quantitative estimate of drug-likeness (QED) is 0.272. The van der Waals surface area contributed by atoms with Crippen molar-refractivity contribution in [1.29, 1.82) is 0 Å². The Morgan fingerprint density at radius 3 is 1.94 bits per heavy atom. The monoisotopic (exact) mass is 708 g/mol. The van der Waals surface area contributed by atoms with Crippen molar-refractivity contribution in [2.75, 3.05) is 13.7 Å². The summed E-state index contributed by atoms with van der Waals surface area (Å²) in [5, 5.41) is 12.2. The molecule has 0 amide bonds. The highest BCUT2D eigenvalue weighted by Gasteiger charge is 2.67. The number of esters is 5. The van der Waals surface area contributed by atoms with Crippen LogP contribution in [0.15, 0.2) is 0 Å². The number of aliphatic hydroxyl groups is 1. The minimum absolute atomic E-state index is 0.0430. The molecule has 4 aliphatic carbocycles. The van der Waals surface area contributed by atoms with E-state index in [0.717, 1.165) is 66.4 Å². The van der Waals surface area contributed by atoms with Crippen LogP contribution in [0.1, 0.15) is 99.3 Å². The Bertz CT molecular complexity index is 1360. The summed E-state index contributed by atoms with van der Waals surface area (Å²) >= 11 is 0. The SMILES string of the molecule is COC(=O)[C@@H]1O[C@H](OCC(=O)[C@@]2(O)CC[C@@H]3[C@@H]4CC[C@@H]5C[C@H](OC(C)=O)CC[C@]5(C)[C@H]4CC[C@]32C)[C@@H](OC(C)=O)[C@H](OC(C)=O)[C@H]1OC(C)=O. The number of carbonyl (C=O) groups excluding carboxylic acids is 6. The summed E-state index contributed by atoms with van der Waals surface area (Å²) in [4.78, 5) is 74.8. The smallest absolute Gasteiger partial charge is 0.339 e. The van der Waals surface area contributed by atoms with Gasteiger partial charge in [0.25, 0.3) is 0 Å². The molecule has 280 valence electrons. The molecular formula is C36H52O14. The molecule has 0 aromatic heterocycles. The van der Waals surface area contributed by atoms with E-state index in [1.807, 2.05) is 6.92 Å². The summed E-state index contributed by atoms with van der Waals surface area (Å²) in [7, 11) is 1.08. The van der Waals surface area contributed by atoms with Gasteiger partial charge in [0.15, 0.2) is 36.5 Å². The predicted molar refractivity (Wildman–Crippen MR) is 171 cm³/mol. The first kappa shape index (κ1) is 38.1. The predicted octanol–water partition coefficient (Wildman–Crippen LogP) is 2.97. The van der Waals surface area contributed by atoms with E-state index in [0.29, 0.717) is 30.6 Å². The molecular weight excluding hydrogens is 656 g/mol. The highest BCUT2D eigenvalue weighted by atomic mass is 16.7. The maximum atomic E-state index is 14.1. The van der Waals surface area contributed by atoms with Crippen molar-refractivity contribution >= 4 is 35.6 Å².